The predicted octanol–water partition coefficient (Wildman–Crippen LogP) is 1.57. The van der Waals surface area contributed by atoms with Gasteiger partial charge in [-0.1, -0.05) is 0 Å². The maximum Gasteiger partial charge on any atom is 0.150 e. The van der Waals surface area contributed by atoms with Gasteiger partial charge in [0.2, 0.25) is 0 Å². The molecule has 2 aromatic heterocycles. The van der Waals surface area contributed by atoms with E-state index in [-0.39, 0.29) is 0 Å². The van der Waals surface area contributed by atoms with E-state index in [1.807, 2.05) is 35.4 Å². The highest BCUT2D eigenvalue weighted by molar-refractivity contribution is 5.88. The number of fused-ring (bicyclic) bond motifs is 1. The van der Waals surface area contributed by atoms with Gasteiger partial charge in [0, 0.05) is 24.0 Å². The smallest absolute Gasteiger partial charge is 0.150 e. The van der Waals surface area contributed by atoms with Crippen molar-refractivity contribution < 1.29 is 0 Å². The highest BCUT2D eigenvalue weighted by Crippen LogP contribution is 2.21. The number of rotatable bonds is 1. The number of hydrogen-bond donors (Lipinski definition) is 1. The lowest BCUT2D eigenvalue weighted by atomic mass is 10.2. The molecular formula is C12H11N5. The summed E-state index contributed by atoms with van der Waals surface area (Å²) in [6.07, 6.45) is 7.27. The fourth-order valence-corrected chi connectivity index (χ4v) is 1.75. The van der Waals surface area contributed by atoms with E-state index in [1.165, 1.54) is 0 Å². The average Bonchev–Trinajstić information content (AvgIpc) is 2.40. The number of hydrogen-bond acceptors (Lipinski definition) is 5. The van der Waals surface area contributed by atoms with Gasteiger partial charge in [-0.25, -0.2) is 9.97 Å². The van der Waals surface area contributed by atoms with Gasteiger partial charge in [0.25, 0.3) is 0 Å². The maximum absolute atomic E-state index is 5.81. The molecule has 3 rings (SSSR count). The van der Waals surface area contributed by atoms with Crippen LogP contribution in [-0.4, -0.2) is 22.9 Å². The molecule has 0 bridgehead atoms. The summed E-state index contributed by atoms with van der Waals surface area (Å²) < 4.78 is 0. The van der Waals surface area contributed by atoms with Crippen molar-refractivity contribution in [3.05, 3.63) is 36.7 Å². The van der Waals surface area contributed by atoms with Crippen LogP contribution in [0.5, 0.6) is 0 Å². The van der Waals surface area contributed by atoms with Gasteiger partial charge in [-0.05, 0) is 24.3 Å². The molecule has 0 spiro atoms. The number of nitrogen functional groups attached to an aromatic ring is 1. The van der Waals surface area contributed by atoms with Crippen LogP contribution >= 0.6 is 0 Å². The minimum atomic E-state index is 0.453. The molecule has 0 saturated carbocycles. The number of aliphatic imine (C=N–C) groups is 1. The molecule has 3 heterocycles. The summed E-state index contributed by atoms with van der Waals surface area (Å²) in [4.78, 5) is 14.7. The van der Waals surface area contributed by atoms with Gasteiger partial charge in [-0.3, -0.25) is 4.99 Å². The van der Waals surface area contributed by atoms with Crippen LogP contribution in [0.1, 0.15) is 0 Å². The molecule has 84 valence electrons. The Hall–Kier alpha value is -2.43. The van der Waals surface area contributed by atoms with Crippen LogP contribution in [0.25, 0.3) is 10.9 Å². The first kappa shape index (κ1) is 9.77. The minimum absolute atomic E-state index is 0.453. The Labute approximate surface area is 98.3 Å². The molecule has 0 amide bonds. The molecule has 1 aliphatic heterocycles. The van der Waals surface area contributed by atoms with Gasteiger partial charge >= 0.3 is 0 Å². The summed E-state index contributed by atoms with van der Waals surface area (Å²) in [5.41, 5.74) is 6.54. The number of pyridine rings is 2. The molecule has 0 saturated heterocycles. The third-order valence-corrected chi connectivity index (χ3v) is 2.61. The molecule has 2 aromatic rings. The second kappa shape index (κ2) is 3.86. The largest absolute Gasteiger partial charge is 0.382 e. The Kier molecular flexibility index (Phi) is 2.22. The summed E-state index contributed by atoms with van der Waals surface area (Å²) in [5.74, 6) is 1.28. The number of aromatic nitrogens is 2. The van der Waals surface area contributed by atoms with Crippen LogP contribution in [0.2, 0.25) is 0 Å². The van der Waals surface area contributed by atoms with E-state index in [0.717, 1.165) is 16.7 Å². The van der Waals surface area contributed by atoms with Gasteiger partial charge in [0.1, 0.15) is 23.8 Å². The molecule has 0 aromatic carbocycles. The van der Waals surface area contributed by atoms with E-state index in [1.54, 1.807) is 12.4 Å². The molecule has 0 unspecified atom stereocenters. The van der Waals surface area contributed by atoms with Gasteiger partial charge < -0.3 is 10.6 Å². The molecule has 0 fully saturated rings. The lowest BCUT2D eigenvalue weighted by Gasteiger charge is -2.19. The Morgan fingerprint density at radius 1 is 1.24 bits per heavy atom. The first-order valence-electron chi connectivity index (χ1n) is 5.29. The van der Waals surface area contributed by atoms with Crippen LogP contribution in [0.4, 0.5) is 11.6 Å². The average molecular weight is 225 g/mol. The van der Waals surface area contributed by atoms with E-state index in [0.29, 0.717) is 12.5 Å². The Morgan fingerprint density at radius 2 is 2.18 bits per heavy atom. The summed E-state index contributed by atoms with van der Waals surface area (Å²) in [5, 5.41) is 0.991. The Balaban J connectivity index is 2.10. The van der Waals surface area contributed by atoms with Gasteiger partial charge in [0.15, 0.2) is 0 Å². The third-order valence-electron chi connectivity index (χ3n) is 2.61. The van der Waals surface area contributed by atoms with E-state index in [9.17, 15) is 0 Å². The number of nitrogens with zero attached hydrogens (tertiary/aromatic N) is 4. The number of anilines is 2. The normalized spacial score (nSPS) is 14.5. The molecule has 0 aliphatic carbocycles. The maximum atomic E-state index is 5.81. The number of allylic oxidation sites excluding steroid dienone is 1. The molecule has 2 N–H and O–H groups in total. The second-order valence-corrected chi connectivity index (χ2v) is 3.72. The fourth-order valence-electron chi connectivity index (χ4n) is 1.75. The SMILES string of the molecule is Nc1nccc2ccc(N3C=CC=NC3)nc12. The first-order valence-corrected chi connectivity index (χ1v) is 5.29. The molecule has 17 heavy (non-hydrogen) atoms. The molecule has 0 atom stereocenters. The predicted molar refractivity (Wildman–Crippen MR) is 68.9 cm³/mol. The topological polar surface area (TPSA) is 67.4 Å². The van der Waals surface area contributed by atoms with E-state index < -0.39 is 0 Å². The van der Waals surface area contributed by atoms with Crippen LogP contribution in [-0.2, 0) is 0 Å². The van der Waals surface area contributed by atoms with Crippen molar-refractivity contribution in [3.63, 3.8) is 0 Å². The minimum Gasteiger partial charge on any atom is -0.382 e. The Bertz CT molecular complexity index is 617. The van der Waals surface area contributed by atoms with Crippen LogP contribution in [0.3, 0.4) is 0 Å². The molecule has 0 radical (unpaired) electrons. The fraction of sp³-hybridized carbons (Fsp3) is 0.0833. The summed E-state index contributed by atoms with van der Waals surface area (Å²) >= 11 is 0. The Morgan fingerprint density at radius 3 is 3.00 bits per heavy atom. The number of nitrogens with two attached hydrogens (primary N) is 1. The zero-order chi connectivity index (χ0) is 11.7. The lowest BCUT2D eigenvalue weighted by Crippen LogP contribution is -2.19. The molecular weight excluding hydrogens is 214 g/mol. The highest BCUT2D eigenvalue weighted by atomic mass is 15.2. The highest BCUT2D eigenvalue weighted by Gasteiger charge is 2.08. The summed E-state index contributed by atoms with van der Waals surface area (Å²) in [6.45, 7) is 0.579. The summed E-state index contributed by atoms with van der Waals surface area (Å²) in [7, 11) is 0. The van der Waals surface area contributed by atoms with Gasteiger partial charge in [-0.15, -0.1) is 0 Å². The lowest BCUT2D eigenvalue weighted by molar-refractivity contribution is 0.949. The van der Waals surface area contributed by atoms with Crippen molar-refractivity contribution in [1.82, 2.24) is 9.97 Å². The second-order valence-electron chi connectivity index (χ2n) is 3.72. The standard InChI is InChI=1S/C12H11N5/c13-12-11-9(4-6-15-12)2-3-10(16-11)17-7-1-5-14-8-17/h1-7H,8H2,(H2,13,15). The molecule has 1 aliphatic rings. The van der Waals surface area contributed by atoms with Crippen molar-refractivity contribution in [3.8, 4) is 0 Å². The van der Waals surface area contributed by atoms with E-state index in [2.05, 4.69) is 15.0 Å². The van der Waals surface area contributed by atoms with Crippen molar-refractivity contribution >= 4 is 28.8 Å². The third kappa shape index (κ3) is 1.71. The zero-order valence-corrected chi connectivity index (χ0v) is 9.11. The van der Waals surface area contributed by atoms with Crippen molar-refractivity contribution in [2.75, 3.05) is 17.3 Å². The van der Waals surface area contributed by atoms with Crippen LogP contribution in [0, 0.1) is 0 Å². The van der Waals surface area contributed by atoms with Crippen molar-refractivity contribution in [2.45, 2.75) is 0 Å². The van der Waals surface area contributed by atoms with Gasteiger partial charge in [0.05, 0.1) is 0 Å². The molecule has 5 nitrogen and oxygen atoms in total. The van der Waals surface area contributed by atoms with E-state index in [4.69, 9.17) is 5.73 Å². The van der Waals surface area contributed by atoms with Gasteiger partial charge in [-0.2, -0.15) is 0 Å². The molecule has 5 heteroatoms. The van der Waals surface area contributed by atoms with Crippen molar-refractivity contribution in [1.29, 1.82) is 0 Å². The monoisotopic (exact) mass is 225 g/mol. The summed E-state index contributed by atoms with van der Waals surface area (Å²) in [6, 6.07) is 5.83. The van der Waals surface area contributed by atoms with Crippen LogP contribution in [0.15, 0.2) is 41.7 Å². The zero-order valence-electron chi connectivity index (χ0n) is 9.11. The first-order chi connectivity index (χ1) is 8.34. The van der Waals surface area contributed by atoms with E-state index >= 15 is 0 Å². The van der Waals surface area contributed by atoms with Crippen molar-refractivity contribution in [2.24, 2.45) is 4.99 Å². The quantitative estimate of drug-likeness (QED) is 0.800. The van der Waals surface area contributed by atoms with Crippen LogP contribution < -0.4 is 10.6 Å².